The van der Waals surface area contributed by atoms with Crippen LogP contribution in [0.25, 0.3) is 0 Å². The maximum atomic E-state index is 12.8. The smallest absolute Gasteiger partial charge is 0.306 e. The Morgan fingerprint density at radius 1 is 0.292 bits per heavy atom. The number of hydrogen-bond acceptors (Lipinski definition) is 6. The molecule has 1 unspecified atom stereocenters. The second-order valence-corrected chi connectivity index (χ2v) is 19.9. The molecule has 412 valence electrons. The summed E-state index contributed by atoms with van der Waals surface area (Å²) in [6, 6.07) is 0. The molecular formula is C66H112O6. The largest absolute Gasteiger partial charge is 0.462 e. The predicted octanol–water partition coefficient (Wildman–Crippen LogP) is 20.5. The third-order valence-corrected chi connectivity index (χ3v) is 12.8. The number of carbonyl (C=O) groups is 3. The molecular weight excluding hydrogens is 889 g/mol. The molecule has 0 amide bonds. The Balaban J connectivity index is 4.16. The Labute approximate surface area is 445 Å². The van der Waals surface area contributed by atoms with Crippen LogP contribution in [0, 0.1) is 0 Å². The van der Waals surface area contributed by atoms with Crippen LogP contribution in [-0.2, 0) is 28.6 Å². The first-order chi connectivity index (χ1) is 35.5. The van der Waals surface area contributed by atoms with Gasteiger partial charge in [-0.1, -0.05) is 259 Å². The number of esters is 3. The molecule has 0 heterocycles. The van der Waals surface area contributed by atoms with E-state index in [4.69, 9.17) is 14.2 Å². The van der Waals surface area contributed by atoms with Gasteiger partial charge in [-0.15, -0.1) is 0 Å². The van der Waals surface area contributed by atoms with E-state index >= 15 is 0 Å². The van der Waals surface area contributed by atoms with Crippen molar-refractivity contribution in [1.29, 1.82) is 0 Å². The lowest BCUT2D eigenvalue weighted by molar-refractivity contribution is -0.167. The molecule has 6 nitrogen and oxygen atoms in total. The Morgan fingerprint density at radius 2 is 0.542 bits per heavy atom. The summed E-state index contributed by atoms with van der Waals surface area (Å²) in [5, 5.41) is 0. The monoisotopic (exact) mass is 1000 g/mol. The zero-order valence-electron chi connectivity index (χ0n) is 47.2. The van der Waals surface area contributed by atoms with Crippen LogP contribution in [0.15, 0.2) is 97.2 Å². The van der Waals surface area contributed by atoms with Gasteiger partial charge in [-0.3, -0.25) is 14.4 Å². The molecule has 0 aromatic heterocycles. The van der Waals surface area contributed by atoms with Crippen molar-refractivity contribution in [2.45, 2.75) is 290 Å². The van der Waals surface area contributed by atoms with Gasteiger partial charge in [-0.05, 0) is 103 Å². The number of allylic oxidation sites excluding steroid dienone is 16. The molecule has 0 saturated heterocycles. The number of hydrogen-bond donors (Lipinski definition) is 0. The van der Waals surface area contributed by atoms with E-state index in [9.17, 15) is 14.4 Å². The second-order valence-electron chi connectivity index (χ2n) is 19.9. The SMILES string of the molecule is CC/C=C\C/C=C\C/C=C\C/C=C\C/C=C\C/C=C\CCCCC(=O)OC(COC(=O)CCCCCCCC)COC(=O)CCCCCCCCCCCCCCCCC/C=C\C/C=C\CCCCCCC. The summed E-state index contributed by atoms with van der Waals surface area (Å²) in [6.07, 6.45) is 80.2. The number of rotatable bonds is 54. The molecule has 72 heavy (non-hydrogen) atoms. The zero-order chi connectivity index (χ0) is 52.2. The highest BCUT2D eigenvalue weighted by atomic mass is 16.6. The molecule has 0 N–H and O–H groups in total. The maximum absolute atomic E-state index is 12.8. The van der Waals surface area contributed by atoms with E-state index in [-0.39, 0.29) is 37.5 Å². The van der Waals surface area contributed by atoms with Crippen LogP contribution < -0.4 is 0 Å². The fourth-order valence-corrected chi connectivity index (χ4v) is 8.30. The first kappa shape index (κ1) is 68.3. The minimum atomic E-state index is -0.798. The minimum Gasteiger partial charge on any atom is -0.462 e. The molecule has 0 saturated carbocycles. The van der Waals surface area contributed by atoms with Gasteiger partial charge >= 0.3 is 17.9 Å². The minimum absolute atomic E-state index is 0.0942. The maximum Gasteiger partial charge on any atom is 0.306 e. The van der Waals surface area contributed by atoms with Crippen LogP contribution in [0.5, 0.6) is 0 Å². The fourth-order valence-electron chi connectivity index (χ4n) is 8.30. The summed E-state index contributed by atoms with van der Waals surface area (Å²) < 4.78 is 16.7. The summed E-state index contributed by atoms with van der Waals surface area (Å²) in [7, 11) is 0. The standard InChI is InChI=1S/C66H112O6/c1-4-7-10-13-16-18-20-22-24-26-28-30-31-32-33-34-35-37-38-40-42-44-46-48-50-53-56-59-65(68)71-62-63(61-70-64(67)58-55-52-15-12-9-6-3)72-66(69)60-57-54-51-49-47-45-43-41-39-36-29-27-25-23-21-19-17-14-11-8-5-2/h8,11,17,19-20,22-23,25-26,28-29,36,41,43,47,49,63H,4-7,9-10,12-16,18,21,24,27,30-35,37-40,42,44-46,48,50-62H2,1-3H3/b11-8-,19-17-,22-20-,25-23-,28-26-,36-29-,43-41-,49-47-. The quantitative estimate of drug-likeness (QED) is 0.0261. The molecule has 0 radical (unpaired) electrons. The molecule has 0 aliphatic rings. The normalized spacial score (nSPS) is 12.8. The highest BCUT2D eigenvalue weighted by molar-refractivity contribution is 5.71. The Morgan fingerprint density at radius 3 is 0.875 bits per heavy atom. The lowest BCUT2D eigenvalue weighted by Crippen LogP contribution is -2.30. The van der Waals surface area contributed by atoms with E-state index in [1.54, 1.807) is 0 Å². The van der Waals surface area contributed by atoms with E-state index < -0.39 is 6.10 Å². The molecule has 0 fully saturated rings. The van der Waals surface area contributed by atoms with Crippen LogP contribution in [0.4, 0.5) is 0 Å². The van der Waals surface area contributed by atoms with Crippen molar-refractivity contribution in [3.8, 4) is 0 Å². The summed E-state index contributed by atoms with van der Waals surface area (Å²) in [4.78, 5) is 37.9. The molecule has 6 heteroatoms. The highest BCUT2D eigenvalue weighted by Gasteiger charge is 2.19. The van der Waals surface area contributed by atoms with Crippen LogP contribution in [-0.4, -0.2) is 37.2 Å². The lowest BCUT2D eigenvalue weighted by atomic mass is 10.0. The number of carbonyl (C=O) groups excluding carboxylic acids is 3. The van der Waals surface area contributed by atoms with Gasteiger partial charge in [-0.2, -0.15) is 0 Å². The molecule has 0 spiro atoms. The van der Waals surface area contributed by atoms with Crippen LogP contribution in [0.3, 0.4) is 0 Å². The van der Waals surface area contributed by atoms with Crippen molar-refractivity contribution in [3.05, 3.63) is 97.2 Å². The van der Waals surface area contributed by atoms with E-state index in [0.717, 1.165) is 96.3 Å². The second kappa shape index (κ2) is 59.9. The summed E-state index contributed by atoms with van der Waals surface area (Å²) in [5.74, 6) is -0.944. The number of ether oxygens (including phenoxy) is 3. The van der Waals surface area contributed by atoms with Gasteiger partial charge in [0.25, 0.3) is 0 Å². The molecule has 0 aromatic carbocycles. The fraction of sp³-hybridized carbons (Fsp3) is 0.712. The van der Waals surface area contributed by atoms with Gasteiger partial charge in [0.05, 0.1) is 0 Å². The third-order valence-electron chi connectivity index (χ3n) is 12.8. The van der Waals surface area contributed by atoms with Crippen molar-refractivity contribution >= 4 is 17.9 Å². The lowest BCUT2D eigenvalue weighted by Gasteiger charge is -2.18. The van der Waals surface area contributed by atoms with Crippen LogP contribution >= 0.6 is 0 Å². The first-order valence-corrected chi connectivity index (χ1v) is 30.2. The van der Waals surface area contributed by atoms with Gasteiger partial charge in [0.2, 0.25) is 0 Å². The summed E-state index contributed by atoms with van der Waals surface area (Å²) >= 11 is 0. The highest BCUT2D eigenvalue weighted by Crippen LogP contribution is 2.16. The Kier molecular flexibility index (Phi) is 56.8. The van der Waals surface area contributed by atoms with Gasteiger partial charge < -0.3 is 14.2 Å². The number of unbranched alkanes of at least 4 members (excludes halogenated alkanes) is 27. The van der Waals surface area contributed by atoms with Crippen molar-refractivity contribution < 1.29 is 28.6 Å². The van der Waals surface area contributed by atoms with Gasteiger partial charge in [-0.25, -0.2) is 0 Å². The van der Waals surface area contributed by atoms with Crippen molar-refractivity contribution in [2.75, 3.05) is 13.2 Å². The third kappa shape index (κ3) is 57.2. The predicted molar refractivity (Wildman–Crippen MR) is 311 cm³/mol. The molecule has 0 aliphatic heterocycles. The van der Waals surface area contributed by atoms with E-state index in [1.165, 1.54) is 141 Å². The van der Waals surface area contributed by atoms with E-state index in [0.29, 0.717) is 19.3 Å². The Bertz CT molecular complexity index is 1430. The van der Waals surface area contributed by atoms with Crippen molar-refractivity contribution in [3.63, 3.8) is 0 Å². The van der Waals surface area contributed by atoms with Crippen LogP contribution in [0.1, 0.15) is 284 Å². The Hall–Kier alpha value is -3.67. The molecule has 1 atom stereocenters. The summed E-state index contributed by atoms with van der Waals surface area (Å²) in [6.45, 7) is 6.43. The summed E-state index contributed by atoms with van der Waals surface area (Å²) in [5.41, 5.74) is 0. The molecule has 0 bridgehead atoms. The molecule has 0 rings (SSSR count). The average Bonchev–Trinajstić information content (AvgIpc) is 3.38. The van der Waals surface area contributed by atoms with Crippen molar-refractivity contribution in [1.82, 2.24) is 0 Å². The van der Waals surface area contributed by atoms with Gasteiger partial charge in [0.1, 0.15) is 13.2 Å². The van der Waals surface area contributed by atoms with E-state index in [1.807, 2.05) is 0 Å². The first-order valence-electron chi connectivity index (χ1n) is 30.2. The van der Waals surface area contributed by atoms with E-state index in [2.05, 4.69) is 118 Å². The molecule has 0 aliphatic carbocycles. The van der Waals surface area contributed by atoms with Crippen molar-refractivity contribution in [2.24, 2.45) is 0 Å². The van der Waals surface area contributed by atoms with Gasteiger partial charge in [0, 0.05) is 19.3 Å². The zero-order valence-corrected chi connectivity index (χ0v) is 47.2. The van der Waals surface area contributed by atoms with Crippen LogP contribution in [0.2, 0.25) is 0 Å². The van der Waals surface area contributed by atoms with Gasteiger partial charge in [0.15, 0.2) is 6.10 Å². The molecule has 0 aromatic rings. The average molecular weight is 1000 g/mol. The topological polar surface area (TPSA) is 78.9 Å².